The van der Waals surface area contributed by atoms with Crippen LogP contribution in [-0.2, 0) is 17.6 Å². The van der Waals surface area contributed by atoms with Gasteiger partial charge < -0.3 is 15.0 Å². The van der Waals surface area contributed by atoms with E-state index in [4.69, 9.17) is 16.3 Å². The Kier molecular flexibility index (Phi) is 6.70. The summed E-state index contributed by atoms with van der Waals surface area (Å²) in [5, 5.41) is 15.0. The molecule has 2 heterocycles. The van der Waals surface area contributed by atoms with E-state index in [9.17, 15) is 14.9 Å². The molecule has 1 fully saturated rings. The highest BCUT2D eigenvalue weighted by Crippen LogP contribution is 2.36. The van der Waals surface area contributed by atoms with Gasteiger partial charge in [0.15, 0.2) is 5.72 Å². The molecule has 0 saturated heterocycles. The minimum absolute atomic E-state index is 0.248. The molecule has 2 amide bonds. The fraction of sp³-hybridized carbons (Fsp3) is 0.435. The number of halogens is 1. The van der Waals surface area contributed by atoms with Gasteiger partial charge in [-0.3, -0.25) is 10.1 Å². The van der Waals surface area contributed by atoms with Gasteiger partial charge in [-0.2, -0.15) is 5.26 Å². The Morgan fingerprint density at radius 2 is 2.03 bits per heavy atom. The third kappa shape index (κ3) is 5.23. The Bertz CT molecular complexity index is 1070. The zero-order valence-corrected chi connectivity index (χ0v) is 19.4. The van der Waals surface area contributed by atoms with Crippen LogP contribution in [0.25, 0.3) is 0 Å². The van der Waals surface area contributed by atoms with E-state index < -0.39 is 11.8 Å². The topological polar surface area (TPSA) is 94.5 Å². The zero-order chi connectivity index (χ0) is 22.7. The van der Waals surface area contributed by atoms with E-state index in [0.717, 1.165) is 37.3 Å². The maximum Gasteiger partial charge on any atom is 0.413 e. The van der Waals surface area contributed by atoms with E-state index in [1.807, 2.05) is 18.2 Å². The number of carbonyl (C=O) groups excluding carboxylic acids is 2. The van der Waals surface area contributed by atoms with Crippen molar-refractivity contribution in [3.8, 4) is 6.07 Å². The average molecular weight is 473 g/mol. The van der Waals surface area contributed by atoms with Crippen LogP contribution in [0.3, 0.4) is 0 Å². The highest BCUT2D eigenvalue weighted by Gasteiger charge is 2.44. The number of amides is 2. The molecule has 1 aromatic carbocycles. The van der Waals surface area contributed by atoms with Gasteiger partial charge in [-0.15, -0.1) is 11.3 Å². The number of benzene rings is 1. The molecule has 2 aliphatic rings. The third-order valence-electron chi connectivity index (χ3n) is 6.06. The minimum Gasteiger partial charge on any atom is -0.423 e. The lowest BCUT2D eigenvalue weighted by Gasteiger charge is -2.30. The number of fused-ring (bicyclic) bond motifs is 1. The summed E-state index contributed by atoms with van der Waals surface area (Å²) < 4.78 is 6.25. The van der Waals surface area contributed by atoms with E-state index in [0.29, 0.717) is 27.7 Å². The van der Waals surface area contributed by atoms with Crippen molar-refractivity contribution in [1.82, 2.24) is 10.2 Å². The molecule has 2 aromatic rings. The predicted octanol–water partition coefficient (Wildman–Crippen LogP) is 4.43. The van der Waals surface area contributed by atoms with Crippen LogP contribution in [0.4, 0.5) is 10.5 Å². The predicted molar refractivity (Wildman–Crippen MR) is 124 cm³/mol. The smallest absolute Gasteiger partial charge is 0.413 e. The second-order valence-corrected chi connectivity index (χ2v) is 10.1. The Labute approximate surface area is 196 Å². The van der Waals surface area contributed by atoms with Crippen LogP contribution in [0.1, 0.15) is 40.1 Å². The number of nitriles is 1. The summed E-state index contributed by atoms with van der Waals surface area (Å²) in [5.41, 5.74) is 1.93. The number of thiophene rings is 1. The summed E-state index contributed by atoms with van der Waals surface area (Å²) in [4.78, 5) is 28.2. The highest BCUT2D eigenvalue weighted by molar-refractivity contribution is 7.18. The number of ether oxygens (including phenoxy) is 1. The molecular formula is C23H25ClN4O3S. The molecule has 1 aromatic heterocycles. The third-order valence-corrected chi connectivity index (χ3v) is 7.29. The fourth-order valence-electron chi connectivity index (χ4n) is 4.29. The largest absolute Gasteiger partial charge is 0.423 e. The summed E-state index contributed by atoms with van der Waals surface area (Å²) in [5.74, 6) is -0.665. The van der Waals surface area contributed by atoms with Gasteiger partial charge in [0.2, 0.25) is 0 Å². The van der Waals surface area contributed by atoms with E-state index in [1.54, 1.807) is 12.1 Å². The maximum atomic E-state index is 12.8. The molecule has 2 atom stereocenters. The lowest BCUT2D eigenvalue weighted by molar-refractivity contribution is -0.00148. The van der Waals surface area contributed by atoms with Crippen LogP contribution in [0.5, 0.6) is 0 Å². The summed E-state index contributed by atoms with van der Waals surface area (Å²) in [6.45, 7) is 1.98. The van der Waals surface area contributed by atoms with Crippen molar-refractivity contribution >= 4 is 40.6 Å². The second kappa shape index (κ2) is 9.49. The summed E-state index contributed by atoms with van der Waals surface area (Å²) in [7, 11) is 2.11. The van der Waals surface area contributed by atoms with Crippen molar-refractivity contribution < 1.29 is 14.3 Å². The first-order valence-electron chi connectivity index (χ1n) is 10.6. The number of carbonyl (C=O) groups is 2. The molecule has 7 nitrogen and oxygen atoms in total. The number of nitrogens with zero attached hydrogens (tertiary/aromatic N) is 2. The van der Waals surface area contributed by atoms with E-state index >= 15 is 0 Å². The molecule has 1 aliphatic carbocycles. The van der Waals surface area contributed by atoms with E-state index in [1.165, 1.54) is 11.1 Å². The van der Waals surface area contributed by atoms with Crippen LogP contribution < -0.4 is 10.6 Å². The first-order chi connectivity index (χ1) is 15.4. The van der Waals surface area contributed by atoms with Crippen molar-refractivity contribution in [2.24, 2.45) is 5.92 Å². The molecule has 1 aliphatic heterocycles. The standard InChI is InChI=1S/C23H25ClN4O3S/c1-28-10-7-16-2-3-18(12-17(16)8-11-28)26-22(30)31-23(9-6-15(13-23)14-25)27-21(29)19-4-5-20(24)32-19/h2-5,12,15H,6-11,13H2,1H3,(H,26,30)(H,27,29). The molecule has 0 bridgehead atoms. The maximum absolute atomic E-state index is 12.8. The minimum atomic E-state index is -1.23. The first kappa shape index (κ1) is 22.6. The van der Waals surface area contributed by atoms with E-state index in [2.05, 4.69) is 28.7 Å². The molecule has 2 unspecified atom stereocenters. The quantitative estimate of drug-likeness (QED) is 0.642. The molecule has 2 N–H and O–H groups in total. The number of likely N-dealkylation sites (N-methyl/N-ethyl adjacent to an activating group) is 1. The number of hydrogen-bond donors (Lipinski definition) is 2. The van der Waals surface area contributed by atoms with Crippen molar-refractivity contribution in [2.75, 3.05) is 25.5 Å². The second-order valence-electron chi connectivity index (χ2n) is 8.42. The van der Waals surface area contributed by atoms with Gasteiger partial charge in [-0.25, -0.2) is 4.79 Å². The monoisotopic (exact) mass is 472 g/mol. The molecule has 9 heteroatoms. The molecule has 168 valence electrons. The molecule has 0 radical (unpaired) electrons. The lowest BCUT2D eigenvalue weighted by atomic mass is 10.0. The Morgan fingerprint density at radius 1 is 1.25 bits per heavy atom. The van der Waals surface area contributed by atoms with Crippen molar-refractivity contribution in [3.63, 3.8) is 0 Å². The molecule has 0 spiro atoms. The molecular weight excluding hydrogens is 448 g/mol. The van der Waals surface area contributed by atoms with E-state index in [-0.39, 0.29) is 18.2 Å². The van der Waals surface area contributed by atoms with Crippen LogP contribution in [0.15, 0.2) is 30.3 Å². The number of nitrogens with one attached hydrogen (secondary N) is 2. The summed E-state index contributed by atoms with van der Waals surface area (Å²) in [6.07, 6.45) is 2.41. The summed E-state index contributed by atoms with van der Waals surface area (Å²) >= 11 is 7.09. The van der Waals surface area contributed by atoms with Gasteiger partial charge >= 0.3 is 6.09 Å². The lowest BCUT2D eigenvalue weighted by Crippen LogP contribution is -2.50. The fourth-order valence-corrected chi connectivity index (χ4v) is 5.23. The van der Waals surface area contributed by atoms with Gasteiger partial charge in [0.05, 0.1) is 21.2 Å². The van der Waals surface area contributed by atoms with Crippen LogP contribution in [0.2, 0.25) is 4.34 Å². The molecule has 32 heavy (non-hydrogen) atoms. The molecule has 4 rings (SSSR count). The zero-order valence-electron chi connectivity index (χ0n) is 17.8. The first-order valence-corrected chi connectivity index (χ1v) is 11.8. The average Bonchev–Trinajstić information content (AvgIpc) is 3.32. The van der Waals surface area contributed by atoms with Gasteiger partial charge in [-0.05, 0) is 61.7 Å². The number of hydrogen-bond acceptors (Lipinski definition) is 6. The van der Waals surface area contributed by atoms with Crippen LogP contribution in [0, 0.1) is 17.2 Å². The van der Waals surface area contributed by atoms with Crippen molar-refractivity contribution in [2.45, 2.75) is 37.8 Å². The number of rotatable bonds is 4. The van der Waals surface area contributed by atoms with Crippen molar-refractivity contribution in [3.05, 3.63) is 50.7 Å². The Morgan fingerprint density at radius 3 is 2.72 bits per heavy atom. The summed E-state index contributed by atoms with van der Waals surface area (Å²) in [6, 6.07) is 11.4. The highest BCUT2D eigenvalue weighted by atomic mass is 35.5. The van der Waals surface area contributed by atoms with Gasteiger partial charge in [0.25, 0.3) is 5.91 Å². The molecule has 1 saturated carbocycles. The van der Waals surface area contributed by atoms with Crippen LogP contribution in [-0.4, -0.2) is 42.8 Å². The van der Waals surface area contributed by atoms with Gasteiger partial charge in [-0.1, -0.05) is 17.7 Å². The number of anilines is 1. The SMILES string of the molecule is CN1CCc2ccc(NC(=O)OC3(NC(=O)c4ccc(Cl)s4)CCC(C#N)C3)cc2CC1. The van der Waals surface area contributed by atoms with Crippen molar-refractivity contribution in [1.29, 1.82) is 5.26 Å². The Hall–Kier alpha value is -2.60. The van der Waals surface area contributed by atoms with Gasteiger partial charge in [0.1, 0.15) is 0 Å². The van der Waals surface area contributed by atoms with Gasteiger partial charge in [0, 0.05) is 31.6 Å². The van der Waals surface area contributed by atoms with Crippen LogP contribution >= 0.6 is 22.9 Å². The normalized spacial score (nSPS) is 23.0. The Balaban J connectivity index is 1.46.